The zero-order valence-electron chi connectivity index (χ0n) is 14.3. The Morgan fingerprint density at radius 2 is 1.73 bits per heavy atom. The van der Waals surface area contributed by atoms with E-state index in [1.54, 1.807) is 17.0 Å². The smallest absolute Gasteiger partial charge is 0.303 e. The highest BCUT2D eigenvalue weighted by molar-refractivity contribution is 5.82. The van der Waals surface area contributed by atoms with Gasteiger partial charge in [0.05, 0.1) is 0 Å². The molecule has 1 atom stereocenters. The van der Waals surface area contributed by atoms with Gasteiger partial charge in [0.15, 0.2) is 11.5 Å². The average molecular weight is 355 g/mol. The van der Waals surface area contributed by atoms with Gasteiger partial charge >= 0.3 is 5.97 Å². The summed E-state index contributed by atoms with van der Waals surface area (Å²) in [4.78, 5) is 25.4. The number of carbonyl (C=O) groups is 2. The predicted octanol–water partition coefficient (Wildman–Crippen LogP) is 2.72. The van der Waals surface area contributed by atoms with Crippen LogP contribution in [0, 0.1) is 0 Å². The van der Waals surface area contributed by atoms with Crippen LogP contribution in [-0.4, -0.2) is 41.1 Å². The van der Waals surface area contributed by atoms with E-state index < -0.39 is 12.1 Å². The molecule has 3 rings (SSSR count). The molecule has 26 heavy (non-hydrogen) atoms. The molecule has 6 heteroatoms. The third-order valence-corrected chi connectivity index (χ3v) is 4.13. The summed E-state index contributed by atoms with van der Waals surface area (Å²) < 4.78 is 11.4. The van der Waals surface area contributed by atoms with Gasteiger partial charge in [0, 0.05) is 19.5 Å². The van der Waals surface area contributed by atoms with Crippen molar-refractivity contribution in [2.75, 3.05) is 13.2 Å². The summed E-state index contributed by atoms with van der Waals surface area (Å²) in [6.45, 7) is 0.891. The molecule has 0 radical (unpaired) electrons. The summed E-state index contributed by atoms with van der Waals surface area (Å²) in [5.41, 5.74) is 0.980. The Morgan fingerprint density at radius 1 is 1.04 bits per heavy atom. The molecule has 0 saturated heterocycles. The molecule has 1 aliphatic rings. The summed E-state index contributed by atoms with van der Waals surface area (Å²) >= 11 is 0. The summed E-state index contributed by atoms with van der Waals surface area (Å²) in [5.74, 6) is 0.0939. The van der Waals surface area contributed by atoms with Crippen molar-refractivity contribution in [3.05, 3.63) is 60.2 Å². The zero-order chi connectivity index (χ0) is 18.4. The normalized spacial score (nSPS) is 15.3. The summed E-state index contributed by atoms with van der Waals surface area (Å²) in [7, 11) is 0. The standard InChI is InChI=1S/C20H21NO5/c22-19(23)11-6-12-21(13-15-7-2-1-3-8-15)20(24)18-14-25-16-9-4-5-10-17(16)26-18/h1-5,7-10,18H,6,11-14H2,(H,22,23). The number of nitrogens with zero attached hydrogens (tertiary/aromatic N) is 1. The van der Waals surface area contributed by atoms with E-state index in [0.29, 0.717) is 31.0 Å². The Bertz CT molecular complexity index is 762. The third-order valence-electron chi connectivity index (χ3n) is 4.13. The van der Waals surface area contributed by atoms with Crippen LogP contribution < -0.4 is 9.47 Å². The Kier molecular flexibility index (Phi) is 5.73. The minimum absolute atomic E-state index is 0.0173. The molecule has 0 aromatic heterocycles. The van der Waals surface area contributed by atoms with Gasteiger partial charge < -0.3 is 19.5 Å². The van der Waals surface area contributed by atoms with Crippen LogP contribution in [0.4, 0.5) is 0 Å². The predicted molar refractivity (Wildman–Crippen MR) is 95.1 cm³/mol. The quantitative estimate of drug-likeness (QED) is 0.826. The summed E-state index contributed by atoms with van der Waals surface area (Å²) in [6, 6.07) is 16.8. The first-order valence-electron chi connectivity index (χ1n) is 8.56. The van der Waals surface area contributed by atoms with Crippen molar-refractivity contribution >= 4 is 11.9 Å². The lowest BCUT2D eigenvalue weighted by atomic mass is 10.1. The van der Waals surface area contributed by atoms with E-state index in [1.165, 1.54) is 0 Å². The van der Waals surface area contributed by atoms with Gasteiger partial charge in [0.1, 0.15) is 6.61 Å². The molecule has 1 unspecified atom stereocenters. The average Bonchev–Trinajstić information content (AvgIpc) is 2.67. The fourth-order valence-corrected chi connectivity index (χ4v) is 2.84. The molecule has 1 aliphatic heterocycles. The fraction of sp³-hybridized carbons (Fsp3) is 0.300. The van der Waals surface area contributed by atoms with Crippen molar-refractivity contribution in [3.63, 3.8) is 0 Å². The Morgan fingerprint density at radius 3 is 2.46 bits per heavy atom. The SMILES string of the molecule is O=C(O)CCCN(Cc1ccccc1)C(=O)C1COc2ccccc2O1. The molecule has 1 N–H and O–H groups in total. The summed E-state index contributed by atoms with van der Waals surface area (Å²) in [5, 5.41) is 8.86. The maximum Gasteiger partial charge on any atom is 0.303 e. The van der Waals surface area contributed by atoms with Crippen LogP contribution in [0.2, 0.25) is 0 Å². The van der Waals surface area contributed by atoms with Crippen LogP contribution >= 0.6 is 0 Å². The molecule has 136 valence electrons. The second kappa shape index (κ2) is 8.38. The number of aliphatic carboxylic acids is 1. The topological polar surface area (TPSA) is 76.1 Å². The lowest BCUT2D eigenvalue weighted by Gasteiger charge is -2.31. The highest BCUT2D eigenvalue weighted by Gasteiger charge is 2.31. The molecule has 1 amide bonds. The minimum atomic E-state index is -0.872. The van der Waals surface area contributed by atoms with Gasteiger partial charge in [-0.1, -0.05) is 42.5 Å². The highest BCUT2D eigenvalue weighted by atomic mass is 16.6. The van der Waals surface area contributed by atoms with Crippen molar-refractivity contribution in [2.24, 2.45) is 0 Å². The molecule has 6 nitrogen and oxygen atoms in total. The van der Waals surface area contributed by atoms with Crippen molar-refractivity contribution < 1.29 is 24.2 Å². The first kappa shape index (κ1) is 17.8. The van der Waals surface area contributed by atoms with Crippen LogP contribution in [0.5, 0.6) is 11.5 Å². The highest BCUT2D eigenvalue weighted by Crippen LogP contribution is 2.31. The first-order valence-corrected chi connectivity index (χ1v) is 8.56. The van der Waals surface area contributed by atoms with E-state index in [-0.39, 0.29) is 18.9 Å². The molecule has 2 aromatic rings. The summed E-state index contributed by atoms with van der Waals surface area (Å²) in [6.07, 6.45) is -0.333. The molecular weight excluding hydrogens is 334 g/mol. The van der Waals surface area contributed by atoms with Gasteiger partial charge in [-0.15, -0.1) is 0 Å². The number of benzene rings is 2. The van der Waals surface area contributed by atoms with Crippen LogP contribution in [0.3, 0.4) is 0 Å². The van der Waals surface area contributed by atoms with Crippen LogP contribution in [0.25, 0.3) is 0 Å². The minimum Gasteiger partial charge on any atom is -0.485 e. The van der Waals surface area contributed by atoms with E-state index in [1.807, 2.05) is 42.5 Å². The number of ether oxygens (including phenoxy) is 2. The van der Waals surface area contributed by atoms with Gasteiger partial charge in [0.25, 0.3) is 5.91 Å². The zero-order valence-corrected chi connectivity index (χ0v) is 14.3. The van der Waals surface area contributed by atoms with E-state index >= 15 is 0 Å². The molecular formula is C20H21NO5. The number of rotatable bonds is 7. The Balaban J connectivity index is 1.70. The Labute approximate surface area is 152 Å². The number of hydrogen-bond donors (Lipinski definition) is 1. The van der Waals surface area contributed by atoms with Crippen molar-refractivity contribution in [3.8, 4) is 11.5 Å². The van der Waals surface area contributed by atoms with Gasteiger partial charge in [-0.05, 0) is 24.1 Å². The molecule has 0 fully saturated rings. The largest absolute Gasteiger partial charge is 0.485 e. The second-order valence-electron chi connectivity index (χ2n) is 6.11. The maximum atomic E-state index is 13.0. The van der Waals surface area contributed by atoms with Crippen LogP contribution in [-0.2, 0) is 16.1 Å². The first-order chi connectivity index (χ1) is 12.6. The molecule has 0 spiro atoms. The molecule has 0 aliphatic carbocycles. The molecule has 0 bridgehead atoms. The lowest BCUT2D eigenvalue weighted by molar-refractivity contribution is -0.143. The van der Waals surface area contributed by atoms with Crippen molar-refractivity contribution in [1.29, 1.82) is 0 Å². The van der Waals surface area contributed by atoms with Crippen molar-refractivity contribution in [1.82, 2.24) is 4.90 Å². The number of para-hydroxylation sites is 2. The third kappa shape index (κ3) is 4.53. The molecule has 1 heterocycles. The molecule has 2 aromatic carbocycles. The lowest BCUT2D eigenvalue weighted by Crippen LogP contribution is -2.46. The maximum absolute atomic E-state index is 13.0. The van der Waals surface area contributed by atoms with Crippen molar-refractivity contribution in [2.45, 2.75) is 25.5 Å². The van der Waals surface area contributed by atoms with E-state index in [4.69, 9.17) is 14.6 Å². The number of hydrogen-bond acceptors (Lipinski definition) is 4. The number of amides is 1. The van der Waals surface area contributed by atoms with Gasteiger partial charge in [-0.25, -0.2) is 0 Å². The van der Waals surface area contributed by atoms with E-state index in [2.05, 4.69) is 0 Å². The van der Waals surface area contributed by atoms with Crippen LogP contribution in [0.15, 0.2) is 54.6 Å². The molecule has 0 saturated carbocycles. The monoisotopic (exact) mass is 355 g/mol. The van der Waals surface area contributed by atoms with E-state index in [0.717, 1.165) is 5.56 Å². The van der Waals surface area contributed by atoms with Crippen LogP contribution in [0.1, 0.15) is 18.4 Å². The van der Waals surface area contributed by atoms with Gasteiger partial charge in [0.2, 0.25) is 6.10 Å². The number of carbonyl (C=O) groups excluding carboxylic acids is 1. The number of carboxylic acids is 1. The van der Waals surface area contributed by atoms with Gasteiger partial charge in [-0.2, -0.15) is 0 Å². The number of carboxylic acid groups (broad SMARTS) is 1. The van der Waals surface area contributed by atoms with Gasteiger partial charge in [-0.3, -0.25) is 9.59 Å². The van der Waals surface area contributed by atoms with E-state index in [9.17, 15) is 9.59 Å². The fourth-order valence-electron chi connectivity index (χ4n) is 2.84. The number of fused-ring (bicyclic) bond motifs is 1. The second-order valence-corrected chi connectivity index (χ2v) is 6.11. The Hall–Kier alpha value is -3.02.